The first-order valence-corrected chi connectivity index (χ1v) is 7.49. The third kappa shape index (κ3) is 25.9. The molecule has 96 valence electrons. The molecule has 0 heterocycles. The third-order valence-electron chi connectivity index (χ3n) is 2.19. The summed E-state index contributed by atoms with van der Waals surface area (Å²) in [5, 5.41) is 15.8. The maximum absolute atomic E-state index is 9.64. The molecule has 0 radical (unpaired) electrons. The van der Waals surface area contributed by atoms with Crippen LogP contribution in [0.5, 0.6) is 0 Å². The fraction of sp³-hybridized carbons (Fsp3) is 0.833. The molecule has 0 fully saturated rings. The standard InChI is InChI=1S/C8H17.C4H6O4.Na/c1-3-5-7-8-6-4-2;5-3(6)1-2-4(7)8;/h3H,4-8H2,1-2H3;1-2H2,(H,5,6)(H,7,8);. The number of hydrogen-bond donors (Lipinski definition) is 2. The zero-order valence-electron chi connectivity index (χ0n) is 11.2. The van der Waals surface area contributed by atoms with Gasteiger partial charge in [0.15, 0.2) is 0 Å². The normalized spacial score (nSPS) is 11.3. The van der Waals surface area contributed by atoms with Crippen molar-refractivity contribution in [3.05, 3.63) is 0 Å². The van der Waals surface area contributed by atoms with Crippen molar-refractivity contribution in [1.29, 1.82) is 0 Å². The second-order valence-corrected chi connectivity index (χ2v) is 6.50. The number of rotatable bonds is 8. The molecule has 17 heavy (non-hydrogen) atoms. The Bertz CT molecular complexity index is 191. The van der Waals surface area contributed by atoms with E-state index in [0.29, 0.717) is 0 Å². The molecule has 0 aliphatic heterocycles. The molecule has 0 saturated carbocycles. The molecule has 4 nitrogen and oxygen atoms in total. The van der Waals surface area contributed by atoms with Gasteiger partial charge in [-0.3, -0.25) is 9.59 Å². The van der Waals surface area contributed by atoms with Gasteiger partial charge in [-0.25, -0.2) is 0 Å². The maximum atomic E-state index is 9.64. The summed E-state index contributed by atoms with van der Waals surface area (Å²) in [5.74, 6) is -2.15. The quantitative estimate of drug-likeness (QED) is 0.516. The first kappa shape index (κ1) is 19.3. The van der Waals surface area contributed by atoms with Crippen molar-refractivity contribution in [2.75, 3.05) is 0 Å². The molecule has 5 heteroatoms. The van der Waals surface area contributed by atoms with Gasteiger partial charge in [0.05, 0.1) is 12.8 Å². The van der Waals surface area contributed by atoms with Gasteiger partial charge in [-0.15, -0.1) is 0 Å². The number of hydrogen-bond acceptors (Lipinski definition) is 2. The zero-order chi connectivity index (χ0) is 13.7. The van der Waals surface area contributed by atoms with Crippen LogP contribution in [0.3, 0.4) is 0 Å². The van der Waals surface area contributed by atoms with E-state index in [0.717, 1.165) is 3.17 Å². The Morgan fingerprint density at radius 3 is 1.82 bits per heavy atom. The molecule has 0 saturated heterocycles. The molecule has 0 aliphatic carbocycles. The number of carbonyl (C=O) groups is 2. The summed E-state index contributed by atoms with van der Waals surface area (Å²) >= 11 is 1.39. The molecule has 0 aromatic rings. The minimum absolute atomic E-state index is 0.296. The van der Waals surface area contributed by atoms with Crippen LogP contribution >= 0.6 is 0 Å². The Morgan fingerprint density at radius 1 is 1.06 bits per heavy atom. The van der Waals surface area contributed by atoms with E-state index in [-0.39, 0.29) is 12.8 Å². The van der Waals surface area contributed by atoms with Crippen LogP contribution in [0, 0.1) is 0 Å². The van der Waals surface area contributed by atoms with Gasteiger partial charge in [-0.05, 0) is 0 Å². The van der Waals surface area contributed by atoms with Gasteiger partial charge in [0, 0.05) is 0 Å². The smallest absolute Gasteiger partial charge is 0.303 e. The molecule has 2 N–H and O–H groups in total. The summed E-state index contributed by atoms with van der Waals surface area (Å²) in [6.07, 6.45) is 6.63. The summed E-state index contributed by atoms with van der Waals surface area (Å²) in [6.45, 7) is 4.63. The molecule has 0 aromatic carbocycles. The van der Waals surface area contributed by atoms with Crippen LogP contribution < -0.4 is 0 Å². The Morgan fingerprint density at radius 2 is 1.53 bits per heavy atom. The molecular formula is C12H23NaO4. The molecule has 0 amide bonds. The molecule has 0 spiro atoms. The van der Waals surface area contributed by atoms with Crippen LogP contribution in [0.2, 0.25) is 3.17 Å². The van der Waals surface area contributed by atoms with Crippen molar-refractivity contribution in [3.63, 3.8) is 0 Å². The van der Waals surface area contributed by atoms with Crippen LogP contribution in [0.25, 0.3) is 0 Å². The second kappa shape index (κ2) is 14.0. The number of aliphatic carboxylic acids is 2. The van der Waals surface area contributed by atoms with Crippen LogP contribution in [-0.2, 0) is 9.59 Å². The van der Waals surface area contributed by atoms with E-state index in [1.807, 2.05) is 0 Å². The third-order valence-corrected chi connectivity index (χ3v) is 2.77. The van der Waals surface area contributed by atoms with Crippen LogP contribution in [-0.4, -0.2) is 50.1 Å². The van der Waals surface area contributed by atoms with Crippen LogP contribution in [0.4, 0.5) is 0 Å². The fourth-order valence-corrected chi connectivity index (χ4v) is 1.60. The van der Waals surface area contributed by atoms with E-state index in [1.54, 1.807) is 0 Å². The molecule has 0 rings (SSSR count). The Kier molecular flexibility index (Phi) is 15.9. The fourth-order valence-electron chi connectivity index (χ4n) is 1.19. The minimum atomic E-state index is -1.08. The Balaban J connectivity index is 0. The molecule has 1 atom stereocenters. The van der Waals surface area contributed by atoms with Gasteiger partial charge in [-0.1, -0.05) is 0 Å². The summed E-state index contributed by atoms with van der Waals surface area (Å²) in [6, 6.07) is 0. The second-order valence-electron chi connectivity index (χ2n) is 4.53. The number of carboxylic acids is 2. The monoisotopic (exact) mass is 254 g/mol. The maximum Gasteiger partial charge on any atom is 0.303 e. The topological polar surface area (TPSA) is 74.6 Å². The first-order chi connectivity index (χ1) is 7.90. The SMILES string of the molecule is CCCCCC[CH](C)[Na].O=C(O)CCC(=O)O. The van der Waals surface area contributed by atoms with Crippen molar-refractivity contribution in [2.45, 2.75) is 62.0 Å². The van der Waals surface area contributed by atoms with Crippen LogP contribution in [0.15, 0.2) is 0 Å². The van der Waals surface area contributed by atoms with Gasteiger partial charge >= 0.3 is 89.0 Å². The zero-order valence-corrected chi connectivity index (χ0v) is 13.2. The average Bonchev–Trinajstić information content (AvgIpc) is 2.22. The Labute approximate surface area is 121 Å². The van der Waals surface area contributed by atoms with Gasteiger partial charge in [0.1, 0.15) is 0 Å². The van der Waals surface area contributed by atoms with Crippen molar-refractivity contribution >= 4 is 39.9 Å². The molecule has 1 unspecified atom stereocenters. The van der Waals surface area contributed by atoms with Gasteiger partial charge in [0.25, 0.3) is 0 Å². The summed E-state index contributed by atoms with van der Waals surface area (Å²) < 4.78 is 1.04. The van der Waals surface area contributed by atoms with E-state index in [2.05, 4.69) is 13.8 Å². The van der Waals surface area contributed by atoms with Crippen LogP contribution in [0.1, 0.15) is 58.8 Å². The minimum Gasteiger partial charge on any atom is -0.481 e. The number of carboxylic acid groups (broad SMARTS) is 2. The van der Waals surface area contributed by atoms with E-state index < -0.39 is 11.9 Å². The average molecular weight is 254 g/mol. The van der Waals surface area contributed by atoms with E-state index in [9.17, 15) is 9.59 Å². The Hall–Kier alpha value is -0.0600. The van der Waals surface area contributed by atoms with Crippen molar-refractivity contribution in [1.82, 2.24) is 0 Å². The van der Waals surface area contributed by atoms with Gasteiger partial charge in [0.2, 0.25) is 0 Å². The molecule has 0 bridgehead atoms. The predicted molar refractivity (Wildman–Crippen MR) is 68.4 cm³/mol. The predicted octanol–water partition coefficient (Wildman–Crippen LogP) is 2.87. The number of unbranched alkanes of at least 4 members (excludes halogenated alkanes) is 3. The summed E-state index contributed by atoms with van der Waals surface area (Å²) in [7, 11) is 0. The summed E-state index contributed by atoms with van der Waals surface area (Å²) in [5.41, 5.74) is 0. The first-order valence-electron chi connectivity index (χ1n) is 6.33. The largest absolute Gasteiger partial charge is 0.481 e. The van der Waals surface area contributed by atoms with Crippen molar-refractivity contribution in [3.8, 4) is 0 Å². The molecule has 0 aromatic heterocycles. The van der Waals surface area contributed by atoms with Crippen molar-refractivity contribution < 1.29 is 19.8 Å². The molecule has 0 aliphatic rings. The van der Waals surface area contributed by atoms with E-state index in [1.165, 1.54) is 60.0 Å². The van der Waals surface area contributed by atoms with Crippen molar-refractivity contribution in [2.24, 2.45) is 0 Å². The summed E-state index contributed by atoms with van der Waals surface area (Å²) in [4.78, 5) is 19.3. The van der Waals surface area contributed by atoms with Gasteiger partial charge in [-0.2, -0.15) is 0 Å². The van der Waals surface area contributed by atoms with E-state index >= 15 is 0 Å². The van der Waals surface area contributed by atoms with E-state index in [4.69, 9.17) is 10.2 Å². The van der Waals surface area contributed by atoms with Gasteiger partial charge < -0.3 is 10.2 Å². The molecular weight excluding hydrogens is 231 g/mol.